The molecule has 0 fully saturated rings. The van der Waals surface area contributed by atoms with Crippen LogP contribution >= 0.6 is 22.7 Å². The number of amides is 2. The van der Waals surface area contributed by atoms with Crippen molar-refractivity contribution in [3.05, 3.63) is 50.4 Å². The summed E-state index contributed by atoms with van der Waals surface area (Å²) in [7, 11) is 0. The minimum atomic E-state index is -0.343. The Morgan fingerprint density at radius 3 is 2.33 bits per heavy atom. The summed E-state index contributed by atoms with van der Waals surface area (Å²) in [6.07, 6.45) is 3.42. The van der Waals surface area contributed by atoms with Gasteiger partial charge in [0.25, 0.3) is 5.91 Å². The highest BCUT2D eigenvalue weighted by Gasteiger charge is 2.15. The predicted octanol–water partition coefficient (Wildman–Crippen LogP) is 3.41. The van der Waals surface area contributed by atoms with Crippen LogP contribution in [-0.4, -0.2) is 32.2 Å². The fourth-order valence-corrected chi connectivity index (χ4v) is 4.08. The second kappa shape index (κ2) is 10.9. The Bertz CT molecular complexity index is 983. The van der Waals surface area contributed by atoms with Crippen LogP contribution in [-0.2, 0) is 30.6 Å². The highest BCUT2D eigenvalue weighted by atomic mass is 32.1. The molecule has 3 rings (SSSR count). The SMILES string of the molecule is CCc1ccc(CNC(=O)CCCc2nnc(C(=O)Nc3nnc(CC)s3)s2)cc1. The second-order valence-corrected chi connectivity index (χ2v) is 8.73. The van der Waals surface area contributed by atoms with E-state index in [1.807, 2.05) is 19.1 Å². The Morgan fingerprint density at radius 1 is 0.900 bits per heavy atom. The van der Waals surface area contributed by atoms with E-state index in [4.69, 9.17) is 0 Å². The first kappa shape index (κ1) is 22.0. The smallest absolute Gasteiger partial charge is 0.288 e. The Morgan fingerprint density at radius 2 is 1.63 bits per heavy atom. The molecule has 0 atom stereocenters. The maximum atomic E-state index is 12.2. The van der Waals surface area contributed by atoms with E-state index in [1.54, 1.807) is 0 Å². The molecule has 10 heteroatoms. The topological polar surface area (TPSA) is 110 Å². The van der Waals surface area contributed by atoms with Gasteiger partial charge in [-0.05, 0) is 30.4 Å². The van der Waals surface area contributed by atoms with E-state index in [0.29, 0.717) is 30.9 Å². The fraction of sp³-hybridized carbons (Fsp3) is 0.400. The number of aryl methyl sites for hydroxylation is 3. The standard InChI is InChI=1S/C20H24N6O2S2/c1-3-13-8-10-14(11-9-13)12-21-15(27)6-5-7-17-24-25-19(29-17)18(28)22-20-26-23-16(4-2)30-20/h8-11H,3-7,12H2,1-2H3,(H,21,27)(H,22,26,28). The van der Waals surface area contributed by atoms with Gasteiger partial charge in [0.15, 0.2) is 0 Å². The van der Waals surface area contributed by atoms with Crippen molar-refractivity contribution in [1.29, 1.82) is 0 Å². The van der Waals surface area contributed by atoms with E-state index in [9.17, 15) is 9.59 Å². The molecule has 2 N–H and O–H groups in total. The van der Waals surface area contributed by atoms with Gasteiger partial charge in [0.2, 0.25) is 16.0 Å². The summed E-state index contributed by atoms with van der Waals surface area (Å²) in [6, 6.07) is 8.24. The van der Waals surface area contributed by atoms with Crippen molar-refractivity contribution in [1.82, 2.24) is 25.7 Å². The molecule has 0 saturated carbocycles. The number of benzene rings is 1. The number of carbonyl (C=O) groups excluding carboxylic acids is 2. The van der Waals surface area contributed by atoms with E-state index in [0.717, 1.165) is 28.4 Å². The molecule has 2 amide bonds. The Hall–Kier alpha value is -2.72. The zero-order chi connectivity index (χ0) is 21.3. The number of nitrogens with one attached hydrogen (secondary N) is 2. The van der Waals surface area contributed by atoms with Crippen molar-refractivity contribution in [2.75, 3.05) is 5.32 Å². The van der Waals surface area contributed by atoms with Crippen molar-refractivity contribution in [3.63, 3.8) is 0 Å². The lowest BCUT2D eigenvalue weighted by molar-refractivity contribution is -0.121. The number of aromatic nitrogens is 4. The Labute approximate surface area is 183 Å². The van der Waals surface area contributed by atoms with Crippen LogP contribution in [0.3, 0.4) is 0 Å². The molecule has 158 valence electrons. The van der Waals surface area contributed by atoms with Gasteiger partial charge >= 0.3 is 0 Å². The van der Waals surface area contributed by atoms with Crippen LogP contribution in [0.5, 0.6) is 0 Å². The summed E-state index contributed by atoms with van der Waals surface area (Å²) in [5, 5.41) is 23.8. The minimum Gasteiger partial charge on any atom is -0.352 e. The summed E-state index contributed by atoms with van der Waals surface area (Å²) in [5.41, 5.74) is 2.37. The molecular weight excluding hydrogens is 420 g/mol. The molecule has 8 nitrogen and oxygen atoms in total. The van der Waals surface area contributed by atoms with Crippen molar-refractivity contribution in [2.24, 2.45) is 0 Å². The summed E-state index contributed by atoms with van der Waals surface area (Å²) in [6.45, 7) is 4.62. The normalized spacial score (nSPS) is 10.7. The summed E-state index contributed by atoms with van der Waals surface area (Å²) in [4.78, 5) is 24.3. The van der Waals surface area contributed by atoms with E-state index >= 15 is 0 Å². The molecule has 2 aromatic heterocycles. The first-order valence-electron chi connectivity index (χ1n) is 9.88. The number of hydrogen-bond donors (Lipinski definition) is 2. The molecule has 0 aliphatic rings. The van der Waals surface area contributed by atoms with Gasteiger partial charge in [-0.1, -0.05) is 60.8 Å². The molecule has 3 aromatic rings. The molecule has 2 heterocycles. The van der Waals surface area contributed by atoms with Gasteiger partial charge in [-0.15, -0.1) is 20.4 Å². The van der Waals surface area contributed by atoms with Crippen molar-refractivity contribution < 1.29 is 9.59 Å². The van der Waals surface area contributed by atoms with Crippen molar-refractivity contribution >= 4 is 39.6 Å². The zero-order valence-electron chi connectivity index (χ0n) is 17.0. The summed E-state index contributed by atoms with van der Waals surface area (Å²) < 4.78 is 0. The van der Waals surface area contributed by atoms with Gasteiger partial charge in [-0.25, -0.2) is 0 Å². The fourth-order valence-electron chi connectivity index (χ4n) is 2.63. The van der Waals surface area contributed by atoms with E-state index in [2.05, 4.69) is 50.1 Å². The molecule has 1 aromatic carbocycles. The lowest BCUT2D eigenvalue weighted by atomic mass is 10.1. The van der Waals surface area contributed by atoms with Gasteiger partial charge in [-0.2, -0.15) is 0 Å². The molecule has 0 bridgehead atoms. The maximum absolute atomic E-state index is 12.2. The predicted molar refractivity (Wildman–Crippen MR) is 118 cm³/mol. The summed E-state index contributed by atoms with van der Waals surface area (Å²) in [5.74, 6) is -0.343. The molecule has 0 unspecified atom stereocenters. The average Bonchev–Trinajstić information content (AvgIpc) is 3.42. The largest absolute Gasteiger partial charge is 0.352 e. The van der Waals surface area contributed by atoms with Gasteiger partial charge in [0, 0.05) is 19.4 Å². The van der Waals surface area contributed by atoms with Crippen LogP contribution in [0.15, 0.2) is 24.3 Å². The first-order valence-corrected chi connectivity index (χ1v) is 11.5. The molecule has 0 aliphatic heterocycles. The van der Waals surface area contributed by atoms with Gasteiger partial charge < -0.3 is 5.32 Å². The second-order valence-electron chi connectivity index (χ2n) is 6.61. The maximum Gasteiger partial charge on any atom is 0.288 e. The van der Waals surface area contributed by atoms with Crippen LogP contribution in [0.25, 0.3) is 0 Å². The molecule has 0 saturated heterocycles. The third-order valence-corrected chi connectivity index (χ3v) is 6.33. The van der Waals surface area contributed by atoms with Crippen molar-refractivity contribution in [2.45, 2.75) is 52.5 Å². The number of hydrogen-bond acceptors (Lipinski definition) is 8. The average molecular weight is 445 g/mol. The van der Waals surface area contributed by atoms with Crippen LogP contribution in [0.4, 0.5) is 5.13 Å². The highest BCUT2D eigenvalue weighted by Crippen LogP contribution is 2.18. The molecule has 30 heavy (non-hydrogen) atoms. The Kier molecular flexibility index (Phi) is 7.97. The number of nitrogens with zero attached hydrogens (tertiary/aromatic N) is 4. The molecule has 0 aliphatic carbocycles. The number of carbonyl (C=O) groups is 2. The quantitative estimate of drug-likeness (QED) is 0.496. The monoisotopic (exact) mass is 444 g/mol. The Balaban J connectivity index is 1.39. The van der Waals surface area contributed by atoms with Gasteiger partial charge in [-0.3, -0.25) is 14.9 Å². The van der Waals surface area contributed by atoms with Crippen LogP contribution < -0.4 is 10.6 Å². The van der Waals surface area contributed by atoms with Crippen molar-refractivity contribution in [3.8, 4) is 0 Å². The van der Waals surface area contributed by atoms with Crippen LogP contribution in [0.2, 0.25) is 0 Å². The highest BCUT2D eigenvalue weighted by molar-refractivity contribution is 7.16. The van der Waals surface area contributed by atoms with Gasteiger partial charge in [0.05, 0.1) is 0 Å². The molecule has 0 spiro atoms. The first-order chi connectivity index (χ1) is 14.6. The molecular formula is C20H24N6O2S2. The number of anilines is 1. The molecule has 0 radical (unpaired) electrons. The lowest BCUT2D eigenvalue weighted by Crippen LogP contribution is -2.22. The number of rotatable bonds is 10. The van der Waals surface area contributed by atoms with Crippen LogP contribution in [0.1, 0.15) is 57.6 Å². The van der Waals surface area contributed by atoms with E-state index in [-0.39, 0.29) is 16.8 Å². The zero-order valence-corrected chi connectivity index (χ0v) is 18.6. The van der Waals surface area contributed by atoms with Gasteiger partial charge in [0.1, 0.15) is 10.0 Å². The summed E-state index contributed by atoms with van der Waals surface area (Å²) >= 11 is 2.57. The van der Waals surface area contributed by atoms with E-state index in [1.165, 1.54) is 28.2 Å². The third kappa shape index (κ3) is 6.39. The third-order valence-electron chi connectivity index (χ3n) is 4.37. The van der Waals surface area contributed by atoms with Crippen LogP contribution in [0, 0.1) is 0 Å². The lowest BCUT2D eigenvalue weighted by Gasteiger charge is -2.05. The van der Waals surface area contributed by atoms with E-state index < -0.39 is 0 Å². The minimum absolute atomic E-state index is 0.0000444.